The molecule has 96 valence electrons. The number of aromatic carboxylic acids is 1. The van der Waals surface area contributed by atoms with Gasteiger partial charge in [0.1, 0.15) is 0 Å². The van der Waals surface area contributed by atoms with Crippen LogP contribution in [0.4, 0.5) is 5.69 Å². The zero-order chi connectivity index (χ0) is 14.0. The summed E-state index contributed by atoms with van der Waals surface area (Å²) in [7, 11) is 0. The predicted octanol–water partition coefficient (Wildman–Crippen LogP) is 3.27. The predicted molar refractivity (Wildman–Crippen MR) is 70.2 cm³/mol. The molecule has 5 nitrogen and oxygen atoms in total. The van der Waals surface area contributed by atoms with E-state index in [0.29, 0.717) is 11.1 Å². The number of nitrogens with zero attached hydrogens (tertiary/aromatic N) is 1. The third-order valence-corrected chi connectivity index (χ3v) is 2.80. The van der Waals surface area contributed by atoms with Crippen molar-refractivity contribution in [3.63, 3.8) is 0 Å². The van der Waals surface area contributed by atoms with Gasteiger partial charge in [0.25, 0.3) is 5.69 Å². The van der Waals surface area contributed by atoms with Crippen molar-refractivity contribution in [3.05, 3.63) is 63.7 Å². The smallest absolute Gasteiger partial charge is 0.336 e. The topological polar surface area (TPSA) is 80.4 Å². The van der Waals surface area contributed by atoms with Crippen molar-refractivity contribution in [3.8, 4) is 11.1 Å². The van der Waals surface area contributed by atoms with Gasteiger partial charge in [-0.2, -0.15) is 0 Å². The fraction of sp³-hybridized carbons (Fsp3) is 0.0714. The molecule has 0 fully saturated rings. The summed E-state index contributed by atoms with van der Waals surface area (Å²) >= 11 is 0. The van der Waals surface area contributed by atoms with Crippen LogP contribution in [0.1, 0.15) is 15.9 Å². The second-order valence-electron chi connectivity index (χ2n) is 4.13. The van der Waals surface area contributed by atoms with Gasteiger partial charge in [-0.15, -0.1) is 0 Å². The van der Waals surface area contributed by atoms with Crippen LogP contribution in [0, 0.1) is 17.0 Å². The quantitative estimate of drug-likeness (QED) is 0.675. The van der Waals surface area contributed by atoms with Crippen molar-refractivity contribution < 1.29 is 14.8 Å². The maximum atomic E-state index is 11.2. The monoisotopic (exact) mass is 257 g/mol. The number of carbonyl (C=O) groups is 1. The Morgan fingerprint density at radius 1 is 1.16 bits per heavy atom. The number of carboxylic acid groups (broad SMARTS) is 1. The second kappa shape index (κ2) is 4.89. The molecule has 2 aromatic rings. The van der Waals surface area contributed by atoms with Gasteiger partial charge in [0.05, 0.1) is 16.1 Å². The molecule has 0 amide bonds. The van der Waals surface area contributed by atoms with Gasteiger partial charge in [-0.25, -0.2) is 4.79 Å². The molecule has 0 heterocycles. The van der Waals surface area contributed by atoms with Crippen LogP contribution in [0.3, 0.4) is 0 Å². The third-order valence-electron chi connectivity index (χ3n) is 2.80. The van der Waals surface area contributed by atoms with Crippen LogP contribution in [-0.4, -0.2) is 16.0 Å². The number of hydrogen-bond donors (Lipinski definition) is 1. The highest BCUT2D eigenvalue weighted by molar-refractivity contribution is 5.97. The highest BCUT2D eigenvalue weighted by atomic mass is 16.6. The van der Waals surface area contributed by atoms with Crippen molar-refractivity contribution in [2.45, 2.75) is 6.92 Å². The fourth-order valence-corrected chi connectivity index (χ4v) is 1.93. The summed E-state index contributed by atoms with van der Waals surface area (Å²) in [6.45, 7) is 1.80. The molecule has 0 aliphatic heterocycles. The number of benzene rings is 2. The Labute approximate surface area is 109 Å². The number of hydrogen-bond acceptors (Lipinski definition) is 3. The Hall–Kier alpha value is -2.69. The van der Waals surface area contributed by atoms with Gasteiger partial charge in [-0.1, -0.05) is 29.8 Å². The minimum Gasteiger partial charge on any atom is -0.478 e. The molecular weight excluding hydrogens is 246 g/mol. The largest absolute Gasteiger partial charge is 0.478 e. The van der Waals surface area contributed by atoms with Gasteiger partial charge in [0.15, 0.2) is 0 Å². The molecule has 19 heavy (non-hydrogen) atoms. The lowest BCUT2D eigenvalue weighted by atomic mass is 9.97. The van der Waals surface area contributed by atoms with Crippen LogP contribution >= 0.6 is 0 Å². The van der Waals surface area contributed by atoms with E-state index in [-0.39, 0.29) is 11.3 Å². The zero-order valence-corrected chi connectivity index (χ0v) is 10.2. The third kappa shape index (κ3) is 2.44. The maximum absolute atomic E-state index is 11.2. The summed E-state index contributed by atoms with van der Waals surface area (Å²) in [6, 6.07) is 10.9. The summed E-state index contributed by atoms with van der Waals surface area (Å²) in [6.07, 6.45) is 0. The number of aryl methyl sites for hydroxylation is 1. The summed E-state index contributed by atoms with van der Waals surface area (Å²) in [5.74, 6) is -1.11. The molecule has 0 aliphatic rings. The van der Waals surface area contributed by atoms with E-state index in [0.717, 1.165) is 5.56 Å². The van der Waals surface area contributed by atoms with Crippen LogP contribution in [0.15, 0.2) is 42.5 Å². The number of nitro groups is 1. The zero-order valence-electron chi connectivity index (χ0n) is 10.2. The number of rotatable bonds is 3. The first-order valence-corrected chi connectivity index (χ1v) is 5.58. The summed E-state index contributed by atoms with van der Waals surface area (Å²) in [4.78, 5) is 21.7. The van der Waals surface area contributed by atoms with E-state index in [1.807, 2.05) is 0 Å². The lowest BCUT2D eigenvalue weighted by molar-refractivity contribution is -0.384. The van der Waals surface area contributed by atoms with Gasteiger partial charge in [-0.3, -0.25) is 10.1 Å². The van der Waals surface area contributed by atoms with Crippen molar-refractivity contribution in [1.29, 1.82) is 0 Å². The van der Waals surface area contributed by atoms with E-state index in [1.165, 1.54) is 12.1 Å². The Balaban J connectivity index is 2.75. The van der Waals surface area contributed by atoms with E-state index in [4.69, 9.17) is 5.11 Å². The highest BCUT2D eigenvalue weighted by Crippen LogP contribution is 2.32. The van der Waals surface area contributed by atoms with E-state index in [2.05, 4.69) is 0 Å². The molecule has 2 rings (SSSR count). The van der Waals surface area contributed by atoms with E-state index >= 15 is 0 Å². The van der Waals surface area contributed by atoms with E-state index < -0.39 is 10.9 Å². The molecule has 0 saturated heterocycles. The Kier molecular flexibility index (Phi) is 3.29. The lowest BCUT2D eigenvalue weighted by Crippen LogP contribution is -2.01. The Morgan fingerprint density at radius 3 is 2.47 bits per heavy atom. The number of carboxylic acids is 1. The van der Waals surface area contributed by atoms with Crippen molar-refractivity contribution >= 4 is 11.7 Å². The van der Waals surface area contributed by atoms with Gasteiger partial charge in [-0.05, 0) is 19.1 Å². The molecule has 0 aromatic heterocycles. The molecule has 0 aliphatic carbocycles. The van der Waals surface area contributed by atoms with Crippen LogP contribution in [0.2, 0.25) is 0 Å². The SMILES string of the molecule is Cc1ccc([N+](=O)[O-])c(-c2ccccc2C(=O)O)c1. The molecule has 0 bridgehead atoms. The molecule has 2 aromatic carbocycles. The van der Waals surface area contributed by atoms with Crippen LogP contribution in [-0.2, 0) is 0 Å². The Morgan fingerprint density at radius 2 is 1.84 bits per heavy atom. The first-order valence-electron chi connectivity index (χ1n) is 5.58. The molecule has 0 saturated carbocycles. The van der Waals surface area contributed by atoms with Crippen molar-refractivity contribution in [2.24, 2.45) is 0 Å². The van der Waals surface area contributed by atoms with Crippen LogP contribution in [0.5, 0.6) is 0 Å². The van der Waals surface area contributed by atoms with Gasteiger partial charge in [0.2, 0.25) is 0 Å². The summed E-state index contributed by atoms with van der Waals surface area (Å²) in [5, 5.41) is 20.2. The minimum atomic E-state index is -1.11. The molecular formula is C14H11NO4. The molecule has 1 N–H and O–H groups in total. The van der Waals surface area contributed by atoms with Crippen LogP contribution in [0.25, 0.3) is 11.1 Å². The van der Waals surface area contributed by atoms with Crippen molar-refractivity contribution in [2.75, 3.05) is 0 Å². The van der Waals surface area contributed by atoms with Gasteiger partial charge in [0, 0.05) is 11.6 Å². The summed E-state index contributed by atoms with van der Waals surface area (Å²) < 4.78 is 0. The lowest BCUT2D eigenvalue weighted by Gasteiger charge is -2.07. The van der Waals surface area contributed by atoms with Crippen molar-refractivity contribution in [1.82, 2.24) is 0 Å². The molecule has 0 radical (unpaired) electrons. The second-order valence-corrected chi connectivity index (χ2v) is 4.13. The average molecular weight is 257 g/mol. The van der Waals surface area contributed by atoms with E-state index in [1.54, 1.807) is 37.3 Å². The molecule has 0 unspecified atom stereocenters. The first kappa shape index (κ1) is 12.8. The minimum absolute atomic E-state index is 0.0520. The van der Waals surface area contributed by atoms with Gasteiger partial charge < -0.3 is 5.11 Å². The van der Waals surface area contributed by atoms with Gasteiger partial charge >= 0.3 is 5.97 Å². The average Bonchev–Trinajstić information content (AvgIpc) is 2.38. The summed E-state index contributed by atoms with van der Waals surface area (Å²) in [5.41, 5.74) is 1.46. The highest BCUT2D eigenvalue weighted by Gasteiger charge is 2.19. The normalized spacial score (nSPS) is 10.2. The fourth-order valence-electron chi connectivity index (χ4n) is 1.93. The van der Waals surface area contributed by atoms with E-state index in [9.17, 15) is 14.9 Å². The maximum Gasteiger partial charge on any atom is 0.336 e. The molecule has 5 heteroatoms. The molecule has 0 atom stereocenters. The Bertz CT molecular complexity index is 664. The number of nitro benzene ring substituents is 1. The standard InChI is InChI=1S/C14H11NO4/c1-9-6-7-13(15(18)19)12(8-9)10-4-2-3-5-11(10)14(16)17/h2-8H,1H3,(H,16,17). The van der Waals surface area contributed by atoms with Crippen LogP contribution < -0.4 is 0 Å². The molecule has 0 spiro atoms. The first-order chi connectivity index (χ1) is 9.00.